The van der Waals surface area contributed by atoms with Crippen LogP contribution in [0.1, 0.15) is 74.7 Å². The van der Waals surface area contributed by atoms with E-state index in [1.807, 2.05) is 9.47 Å². The molecule has 1 aromatic rings. The number of hydrogen-bond donors (Lipinski definition) is 0. The molecule has 4 atom stereocenters. The second-order valence-electron chi connectivity index (χ2n) is 9.13. The number of rotatable bonds is 3. The number of piperidine rings is 3. The van der Waals surface area contributed by atoms with Crippen molar-refractivity contribution in [2.75, 3.05) is 13.1 Å². The maximum Gasteiger partial charge on any atom is 0.291 e. The molecule has 0 N–H and O–H groups in total. The summed E-state index contributed by atoms with van der Waals surface area (Å²) in [5.41, 5.74) is 0. The second kappa shape index (κ2) is 7.16. The van der Waals surface area contributed by atoms with Crippen molar-refractivity contribution < 1.29 is 9.59 Å². The van der Waals surface area contributed by atoms with Crippen molar-refractivity contribution in [2.45, 2.75) is 83.3 Å². The molecule has 28 heavy (non-hydrogen) atoms. The Labute approximate surface area is 166 Å². The third kappa shape index (κ3) is 2.85. The van der Waals surface area contributed by atoms with Crippen LogP contribution in [0.25, 0.3) is 0 Å². The molecular formula is C21H31N5O2. The Hall–Kier alpha value is -1.92. The van der Waals surface area contributed by atoms with E-state index in [1.54, 1.807) is 0 Å². The third-order valence-electron chi connectivity index (χ3n) is 7.42. The highest BCUT2D eigenvalue weighted by atomic mass is 16.2. The van der Waals surface area contributed by atoms with Crippen LogP contribution in [0.2, 0.25) is 0 Å². The first kappa shape index (κ1) is 18.1. The van der Waals surface area contributed by atoms with Gasteiger partial charge in [0.25, 0.3) is 5.91 Å². The Morgan fingerprint density at radius 3 is 2.82 bits per heavy atom. The number of fused-ring (bicyclic) bond motifs is 5. The Morgan fingerprint density at radius 2 is 1.96 bits per heavy atom. The highest BCUT2D eigenvalue weighted by Gasteiger charge is 2.50. The molecule has 2 bridgehead atoms. The Balaban J connectivity index is 1.41. The first-order chi connectivity index (χ1) is 13.7. The molecule has 5 heterocycles. The summed E-state index contributed by atoms with van der Waals surface area (Å²) in [5, 5.41) is 8.55. The van der Waals surface area contributed by atoms with Gasteiger partial charge in [-0.1, -0.05) is 13.3 Å². The molecule has 3 saturated heterocycles. The van der Waals surface area contributed by atoms with Crippen LogP contribution in [0.15, 0.2) is 0 Å². The van der Waals surface area contributed by atoms with E-state index in [1.165, 1.54) is 0 Å². The summed E-state index contributed by atoms with van der Waals surface area (Å²) >= 11 is 0. The summed E-state index contributed by atoms with van der Waals surface area (Å²) in [6.07, 6.45) is 9.20. The lowest BCUT2D eigenvalue weighted by atomic mass is 9.71. The smallest absolute Gasteiger partial charge is 0.291 e. The average Bonchev–Trinajstić information content (AvgIpc) is 3.15. The van der Waals surface area contributed by atoms with Crippen molar-refractivity contribution >= 4 is 11.8 Å². The average molecular weight is 386 g/mol. The minimum Gasteiger partial charge on any atom is -0.336 e. The maximum atomic E-state index is 13.4. The Kier molecular flexibility index (Phi) is 4.63. The van der Waals surface area contributed by atoms with Crippen LogP contribution < -0.4 is 0 Å². The second-order valence-corrected chi connectivity index (χ2v) is 9.13. The van der Waals surface area contributed by atoms with Crippen LogP contribution in [0, 0.1) is 11.8 Å². The number of nitrogens with zero attached hydrogens (tertiary/aromatic N) is 5. The van der Waals surface area contributed by atoms with Crippen molar-refractivity contribution in [1.82, 2.24) is 24.6 Å². The van der Waals surface area contributed by atoms with Gasteiger partial charge in [-0.15, -0.1) is 10.2 Å². The standard InChI is InChI=1S/C21H31N5O2/c1-2-6-16-14-11-15(17-7-5-9-19(27)26(16)17)13-24(12-14)21(28)20-23-22-18-8-3-4-10-25(18)20/h14-17H,2-13H2,1H3/t14-,15+,16-,17-/m0/s1. The first-order valence-corrected chi connectivity index (χ1v) is 11.2. The first-order valence-electron chi connectivity index (χ1n) is 11.2. The van der Waals surface area contributed by atoms with E-state index in [-0.39, 0.29) is 5.91 Å². The lowest BCUT2D eigenvalue weighted by Crippen LogP contribution is -2.65. The van der Waals surface area contributed by atoms with Crippen molar-refractivity contribution in [2.24, 2.45) is 11.8 Å². The minimum absolute atomic E-state index is 0.0428. The molecule has 0 saturated carbocycles. The molecule has 0 aromatic carbocycles. The van der Waals surface area contributed by atoms with Crippen LogP contribution in [0.3, 0.4) is 0 Å². The molecule has 5 rings (SSSR count). The molecule has 0 spiro atoms. The van der Waals surface area contributed by atoms with Gasteiger partial charge in [-0.2, -0.15) is 0 Å². The van der Waals surface area contributed by atoms with Gasteiger partial charge in [-0.05, 0) is 50.4 Å². The van der Waals surface area contributed by atoms with Gasteiger partial charge in [0.15, 0.2) is 0 Å². The molecule has 4 aliphatic heterocycles. The Morgan fingerprint density at radius 1 is 1.11 bits per heavy atom. The SMILES string of the molecule is CCC[C@H]1[C@H]2C[C@H](CN(C(=O)c3nnc4n3CCCC4)C2)[C@@H]2CCCC(=O)N21. The van der Waals surface area contributed by atoms with E-state index in [0.29, 0.717) is 42.1 Å². The largest absolute Gasteiger partial charge is 0.336 e. The summed E-state index contributed by atoms with van der Waals surface area (Å²) in [6.45, 7) is 4.56. The number of aryl methyl sites for hydroxylation is 1. The predicted molar refractivity (Wildman–Crippen MR) is 104 cm³/mol. The summed E-state index contributed by atoms with van der Waals surface area (Å²) in [7, 11) is 0. The molecule has 1 aromatic heterocycles. The number of amides is 2. The fourth-order valence-corrected chi connectivity index (χ4v) is 6.22. The summed E-state index contributed by atoms with van der Waals surface area (Å²) in [5.74, 6) is 2.67. The zero-order valence-electron chi connectivity index (χ0n) is 16.8. The molecule has 0 radical (unpaired) electrons. The van der Waals surface area contributed by atoms with Crippen molar-refractivity contribution in [3.63, 3.8) is 0 Å². The predicted octanol–water partition coefficient (Wildman–Crippen LogP) is 2.26. The minimum atomic E-state index is 0.0428. The topological polar surface area (TPSA) is 71.3 Å². The van der Waals surface area contributed by atoms with Crippen LogP contribution in [-0.2, 0) is 17.8 Å². The van der Waals surface area contributed by atoms with Gasteiger partial charge in [0.2, 0.25) is 11.7 Å². The zero-order valence-corrected chi connectivity index (χ0v) is 16.8. The molecule has 2 amide bonds. The summed E-state index contributed by atoms with van der Waals surface area (Å²) < 4.78 is 2.04. The van der Waals surface area contributed by atoms with Crippen LogP contribution in [0.5, 0.6) is 0 Å². The molecule has 7 heteroatoms. The van der Waals surface area contributed by atoms with E-state index < -0.39 is 0 Å². The van der Waals surface area contributed by atoms with Crippen LogP contribution in [0.4, 0.5) is 0 Å². The van der Waals surface area contributed by atoms with E-state index >= 15 is 0 Å². The van der Waals surface area contributed by atoms with Crippen molar-refractivity contribution in [3.8, 4) is 0 Å². The molecule has 0 aliphatic carbocycles. The zero-order chi connectivity index (χ0) is 19.3. The number of carbonyl (C=O) groups is 2. The third-order valence-corrected chi connectivity index (χ3v) is 7.42. The highest BCUT2D eigenvalue weighted by molar-refractivity contribution is 5.91. The van der Waals surface area contributed by atoms with Gasteiger partial charge >= 0.3 is 0 Å². The maximum absolute atomic E-state index is 13.4. The summed E-state index contributed by atoms with van der Waals surface area (Å²) in [4.78, 5) is 30.4. The molecule has 3 fully saturated rings. The lowest BCUT2D eigenvalue weighted by Gasteiger charge is -2.56. The van der Waals surface area contributed by atoms with Crippen molar-refractivity contribution in [3.05, 3.63) is 11.6 Å². The van der Waals surface area contributed by atoms with Gasteiger partial charge < -0.3 is 14.4 Å². The molecule has 0 unspecified atom stereocenters. The van der Waals surface area contributed by atoms with Crippen molar-refractivity contribution in [1.29, 1.82) is 0 Å². The van der Waals surface area contributed by atoms with Gasteiger partial charge in [0.05, 0.1) is 0 Å². The van der Waals surface area contributed by atoms with E-state index in [0.717, 1.165) is 76.8 Å². The van der Waals surface area contributed by atoms with E-state index in [4.69, 9.17) is 0 Å². The molecule has 4 aliphatic rings. The molecular weight excluding hydrogens is 354 g/mol. The fraction of sp³-hybridized carbons (Fsp3) is 0.810. The van der Waals surface area contributed by atoms with E-state index in [9.17, 15) is 9.59 Å². The van der Waals surface area contributed by atoms with Gasteiger partial charge in [-0.25, -0.2) is 0 Å². The normalized spacial score (nSPS) is 32.1. The number of carbonyl (C=O) groups excluding carboxylic acids is 2. The number of aromatic nitrogens is 3. The monoisotopic (exact) mass is 385 g/mol. The molecule has 7 nitrogen and oxygen atoms in total. The Bertz CT molecular complexity index is 775. The number of hydrogen-bond acceptors (Lipinski definition) is 4. The summed E-state index contributed by atoms with van der Waals surface area (Å²) in [6, 6.07) is 0.610. The highest BCUT2D eigenvalue weighted by Crippen LogP contribution is 2.43. The fourth-order valence-electron chi connectivity index (χ4n) is 6.22. The quantitative estimate of drug-likeness (QED) is 0.800. The van der Waals surface area contributed by atoms with Gasteiger partial charge in [0.1, 0.15) is 5.82 Å². The van der Waals surface area contributed by atoms with Crippen LogP contribution in [-0.4, -0.2) is 61.6 Å². The molecule has 152 valence electrons. The van der Waals surface area contributed by atoms with Gasteiger partial charge in [0, 0.05) is 44.6 Å². The number of likely N-dealkylation sites (tertiary alicyclic amines) is 1. The van der Waals surface area contributed by atoms with E-state index in [2.05, 4.69) is 22.0 Å². The lowest BCUT2D eigenvalue weighted by molar-refractivity contribution is -0.152. The van der Waals surface area contributed by atoms with Crippen LogP contribution >= 0.6 is 0 Å². The van der Waals surface area contributed by atoms with Gasteiger partial charge in [-0.3, -0.25) is 9.59 Å².